The summed E-state index contributed by atoms with van der Waals surface area (Å²) in [5.74, 6) is 0. The minimum atomic E-state index is -6.05. The average Bonchev–Trinajstić information content (AvgIpc) is 1.95. The van der Waals surface area contributed by atoms with Gasteiger partial charge in [0.2, 0.25) is 0 Å². The molecule has 0 aromatic heterocycles. The summed E-state index contributed by atoms with van der Waals surface area (Å²) < 4.78 is 82.9. The zero-order chi connectivity index (χ0) is 11.6. The molecule has 0 fully saturated rings. The van der Waals surface area contributed by atoms with Crippen LogP contribution < -0.4 is 0 Å². The molecule has 0 spiro atoms. The van der Waals surface area contributed by atoms with Gasteiger partial charge in [0.25, 0.3) is 5.67 Å². The van der Waals surface area contributed by atoms with Crippen LogP contribution in [0, 0.1) is 11.3 Å². The van der Waals surface area contributed by atoms with E-state index in [2.05, 4.69) is 0 Å². The SMILES string of the molecule is N#CCCC(F)(C(F)(F)F)C(F)(F)F. The Balaban J connectivity index is 4.99. The molecule has 0 aliphatic carbocycles. The molecule has 0 aliphatic rings. The molecule has 0 aromatic carbocycles. The van der Waals surface area contributed by atoms with Gasteiger partial charge < -0.3 is 0 Å². The van der Waals surface area contributed by atoms with Crippen molar-refractivity contribution in [1.82, 2.24) is 0 Å². The molecule has 0 amide bonds. The number of nitriles is 1. The van der Waals surface area contributed by atoms with Crippen LogP contribution in [-0.4, -0.2) is 18.0 Å². The molecular weight excluding hydrogens is 219 g/mol. The maximum absolute atomic E-state index is 12.6. The third-order valence-electron chi connectivity index (χ3n) is 1.48. The molecule has 0 aromatic rings. The monoisotopic (exact) mass is 223 g/mol. The van der Waals surface area contributed by atoms with Crippen LogP contribution in [0.25, 0.3) is 0 Å². The van der Waals surface area contributed by atoms with Crippen molar-refractivity contribution in [1.29, 1.82) is 5.26 Å². The van der Waals surface area contributed by atoms with Gasteiger partial charge in [-0.05, 0) is 0 Å². The lowest BCUT2D eigenvalue weighted by atomic mass is 9.99. The Kier molecular flexibility index (Phi) is 3.37. The van der Waals surface area contributed by atoms with Crippen LogP contribution in [0.1, 0.15) is 12.8 Å². The van der Waals surface area contributed by atoms with Crippen LogP contribution in [0.15, 0.2) is 0 Å². The summed E-state index contributed by atoms with van der Waals surface area (Å²) in [6, 6.07) is 1.03. The molecular formula is C6H4F7N. The molecule has 0 saturated carbocycles. The largest absolute Gasteiger partial charge is 0.431 e. The first kappa shape index (κ1) is 13.0. The fourth-order valence-corrected chi connectivity index (χ4v) is 0.672. The number of nitrogens with zero attached hydrogens (tertiary/aromatic N) is 1. The first-order chi connectivity index (χ1) is 6.06. The highest BCUT2D eigenvalue weighted by Crippen LogP contribution is 2.48. The minimum absolute atomic E-state index is 1.03. The molecule has 0 rings (SSSR count). The van der Waals surface area contributed by atoms with Crippen LogP contribution in [0.3, 0.4) is 0 Å². The summed E-state index contributed by atoms with van der Waals surface area (Å²) in [5, 5.41) is 7.81. The quantitative estimate of drug-likeness (QED) is 0.659. The highest BCUT2D eigenvalue weighted by molar-refractivity contribution is 4.96. The Morgan fingerprint density at radius 3 is 1.43 bits per heavy atom. The van der Waals surface area contributed by atoms with Gasteiger partial charge in [0.15, 0.2) is 0 Å². The molecule has 0 radical (unpaired) electrons. The minimum Gasteiger partial charge on any atom is -0.224 e. The second-order valence-electron chi connectivity index (χ2n) is 2.45. The summed E-state index contributed by atoms with van der Waals surface area (Å²) in [4.78, 5) is 0. The fraction of sp³-hybridized carbons (Fsp3) is 0.833. The van der Waals surface area contributed by atoms with Crippen molar-refractivity contribution >= 4 is 0 Å². The van der Waals surface area contributed by atoms with Crippen LogP contribution in [0.4, 0.5) is 30.7 Å². The molecule has 0 unspecified atom stereocenters. The van der Waals surface area contributed by atoms with Crippen LogP contribution in [0.5, 0.6) is 0 Å². The van der Waals surface area contributed by atoms with E-state index < -0.39 is 30.9 Å². The Morgan fingerprint density at radius 2 is 1.21 bits per heavy atom. The zero-order valence-electron chi connectivity index (χ0n) is 6.51. The molecule has 0 atom stereocenters. The van der Waals surface area contributed by atoms with Crippen molar-refractivity contribution in [3.8, 4) is 6.07 Å². The Hall–Kier alpha value is -1.00. The highest BCUT2D eigenvalue weighted by atomic mass is 19.4. The van der Waals surface area contributed by atoms with Crippen LogP contribution in [0.2, 0.25) is 0 Å². The van der Waals surface area contributed by atoms with E-state index in [1.54, 1.807) is 0 Å². The van der Waals surface area contributed by atoms with Crippen LogP contribution >= 0.6 is 0 Å². The smallest absolute Gasteiger partial charge is 0.224 e. The van der Waals surface area contributed by atoms with Gasteiger partial charge in [0.05, 0.1) is 6.07 Å². The van der Waals surface area contributed by atoms with Crippen molar-refractivity contribution in [2.45, 2.75) is 30.9 Å². The van der Waals surface area contributed by atoms with E-state index in [-0.39, 0.29) is 0 Å². The van der Waals surface area contributed by atoms with Gasteiger partial charge in [-0.3, -0.25) is 0 Å². The zero-order valence-corrected chi connectivity index (χ0v) is 6.51. The van der Waals surface area contributed by atoms with Gasteiger partial charge >= 0.3 is 12.4 Å². The molecule has 0 bridgehead atoms. The summed E-state index contributed by atoms with van der Waals surface area (Å²) in [6.45, 7) is 0. The molecule has 0 heterocycles. The number of hydrogen-bond donors (Lipinski definition) is 0. The van der Waals surface area contributed by atoms with E-state index in [9.17, 15) is 30.7 Å². The lowest BCUT2D eigenvalue weighted by Crippen LogP contribution is -2.53. The topological polar surface area (TPSA) is 23.8 Å². The molecule has 0 N–H and O–H groups in total. The van der Waals surface area contributed by atoms with Crippen molar-refractivity contribution in [3.05, 3.63) is 0 Å². The molecule has 0 saturated heterocycles. The van der Waals surface area contributed by atoms with Gasteiger partial charge in [-0.15, -0.1) is 0 Å². The molecule has 1 nitrogen and oxygen atoms in total. The second kappa shape index (κ2) is 3.63. The van der Waals surface area contributed by atoms with Gasteiger partial charge in [-0.1, -0.05) is 0 Å². The number of alkyl halides is 7. The second-order valence-corrected chi connectivity index (χ2v) is 2.45. The van der Waals surface area contributed by atoms with E-state index in [0.29, 0.717) is 0 Å². The number of rotatable bonds is 2. The van der Waals surface area contributed by atoms with E-state index in [1.807, 2.05) is 0 Å². The standard InChI is InChI=1S/C6H4F7N/c7-4(2-1-3-14,5(8,9)10)6(11,12)13/h1-2H2. The normalized spacial score (nSPS) is 13.9. The average molecular weight is 223 g/mol. The van der Waals surface area contributed by atoms with E-state index in [0.717, 1.165) is 6.07 Å². The first-order valence-corrected chi connectivity index (χ1v) is 3.25. The van der Waals surface area contributed by atoms with Gasteiger partial charge in [0.1, 0.15) is 0 Å². The molecule has 0 aliphatic heterocycles. The summed E-state index contributed by atoms with van der Waals surface area (Å²) in [5.41, 5.74) is -5.30. The number of hydrogen-bond acceptors (Lipinski definition) is 1. The molecule has 8 heteroatoms. The summed E-state index contributed by atoms with van der Waals surface area (Å²) >= 11 is 0. The van der Waals surface area contributed by atoms with E-state index in [1.165, 1.54) is 0 Å². The summed E-state index contributed by atoms with van der Waals surface area (Å²) in [7, 11) is 0. The first-order valence-electron chi connectivity index (χ1n) is 3.25. The van der Waals surface area contributed by atoms with Crippen LogP contribution in [-0.2, 0) is 0 Å². The highest BCUT2D eigenvalue weighted by Gasteiger charge is 2.71. The predicted octanol–water partition coefficient (Wildman–Crippen LogP) is 3.12. The Bertz CT molecular complexity index is 218. The van der Waals surface area contributed by atoms with Gasteiger partial charge in [-0.25, -0.2) is 4.39 Å². The maximum Gasteiger partial charge on any atom is 0.431 e. The lowest BCUT2D eigenvalue weighted by molar-refractivity contribution is -0.342. The fourth-order valence-electron chi connectivity index (χ4n) is 0.672. The third kappa shape index (κ3) is 2.27. The third-order valence-corrected chi connectivity index (χ3v) is 1.48. The van der Waals surface area contributed by atoms with E-state index >= 15 is 0 Å². The Morgan fingerprint density at radius 1 is 0.857 bits per heavy atom. The van der Waals surface area contributed by atoms with Gasteiger partial charge in [0, 0.05) is 12.8 Å². The van der Waals surface area contributed by atoms with Crippen molar-refractivity contribution in [2.75, 3.05) is 0 Å². The molecule has 82 valence electrons. The number of halogens is 7. The summed E-state index contributed by atoms with van der Waals surface area (Å²) in [6.07, 6.45) is -15.2. The van der Waals surface area contributed by atoms with E-state index in [4.69, 9.17) is 5.26 Å². The predicted molar refractivity (Wildman–Crippen MR) is 30.8 cm³/mol. The van der Waals surface area contributed by atoms with Gasteiger partial charge in [-0.2, -0.15) is 31.6 Å². The van der Waals surface area contributed by atoms with Crippen molar-refractivity contribution in [3.63, 3.8) is 0 Å². The van der Waals surface area contributed by atoms with Crippen molar-refractivity contribution < 1.29 is 30.7 Å². The Labute approximate surface area is 74.1 Å². The lowest BCUT2D eigenvalue weighted by Gasteiger charge is -2.29. The maximum atomic E-state index is 12.6. The van der Waals surface area contributed by atoms with Crippen molar-refractivity contribution in [2.24, 2.45) is 0 Å². The molecule has 14 heavy (non-hydrogen) atoms.